The van der Waals surface area contributed by atoms with Crippen molar-refractivity contribution in [3.63, 3.8) is 0 Å². The zero-order valence-electron chi connectivity index (χ0n) is 12.3. The highest BCUT2D eigenvalue weighted by Gasteiger charge is 2.17. The molecule has 0 bridgehead atoms. The summed E-state index contributed by atoms with van der Waals surface area (Å²) in [5, 5.41) is 2.92. The number of rotatable bonds is 3. The maximum atomic E-state index is 12.5. The molecule has 3 heterocycles. The van der Waals surface area contributed by atoms with Gasteiger partial charge in [-0.3, -0.25) is 14.2 Å². The largest absolute Gasteiger partial charge is 0.347 e. The zero-order valence-corrected chi connectivity index (χ0v) is 13.9. The van der Waals surface area contributed by atoms with E-state index in [1.165, 1.54) is 0 Å². The fourth-order valence-corrected chi connectivity index (χ4v) is 2.97. The molecule has 1 N–H and O–H groups in total. The van der Waals surface area contributed by atoms with Gasteiger partial charge in [-0.15, -0.1) is 0 Å². The Morgan fingerprint density at radius 2 is 2.23 bits per heavy atom. The molecule has 1 amide bonds. The summed E-state index contributed by atoms with van der Waals surface area (Å²) < 4.78 is 2.74. The molecule has 0 atom stereocenters. The lowest BCUT2D eigenvalue weighted by Crippen LogP contribution is -2.25. The molecule has 0 aliphatic rings. The van der Waals surface area contributed by atoms with Crippen LogP contribution in [0.4, 0.5) is 0 Å². The Labute approximate surface area is 136 Å². The number of carbonyl (C=O) groups excluding carboxylic acids is 1. The van der Waals surface area contributed by atoms with Crippen molar-refractivity contribution in [2.24, 2.45) is 0 Å². The first-order chi connectivity index (χ1) is 10.6. The Hall–Kier alpha value is -2.21. The van der Waals surface area contributed by atoms with Gasteiger partial charge in [0, 0.05) is 29.6 Å². The number of fused-ring (bicyclic) bond motifs is 1. The van der Waals surface area contributed by atoms with E-state index in [0.29, 0.717) is 17.9 Å². The van der Waals surface area contributed by atoms with Gasteiger partial charge in [-0.1, -0.05) is 6.07 Å². The summed E-state index contributed by atoms with van der Waals surface area (Å²) in [7, 11) is 0. The van der Waals surface area contributed by atoms with Crippen molar-refractivity contribution in [1.82, 2.24) is 19.7 Å². The Morgan fingerprint density at radius 1 is 1.41 bits per heavy atom. The Morgan fingerprint density at radius 3 is 2.95 bits per heavy atom. The van der Waals surface area contributed by atoms with Gasteiger partial charge in [0.2, 0.25) is 0 Å². The monoisotopic (exact) mass is 358 g/mol. The normalized spacial score (nSPS) is 10.9. The molecule has 0 fully saturated rings. The highest BCUT2D eigenvalue weighted by atomic mass is 79.9. The highest BCUT2D eigenvalue weighted by molar-refractivity contribution is 9.10. The van der Waals surface area contributed by atoms with Crippen LogP contribution in [0.1, 0.15) is 27.3 Å². The van der Waals surface area contributed by atoms with E-state index >= 15 is 0 Å². The van der Waals surface area contributed by atoms with Crippen LogP contribution in [0.3, 0.4) is 0 Å². The SMILES string of the molecule is Cc1nc2c(C)cc(Br)cn2c1C(=O)NCc1cccnc1. The quantitative estimate of drug-likeness (QED) is 0.782. The molecule has 0 radical (unpaired) electrons. The van der Waals surface area contributed by atoms with Crippen LogP contribution in [0.2, 0.25) is 0 Å². The number of nitrogens with zero attached hydrogens (tertiary/aromatic N) is 3. The summed E-state index contributed by atoms with van der Waals surface area (Å²) in [6.07, 6.45) is 5.31. The van der Waals surface area contributed by atoms with Gasteiger partial charge in [-0.2, -0.15) is 0 Å². The van der Waals surface area contributed by atoms with E-state index in [0.717, 1.165) is 21.2 Å². The number of aryl methyl sites for hydroxylation is 2. The third kappa shape index (κ3) is 2.74. The molecule has 22 heavy (non-hydrogen) atoms. The molecule has 6 heteroatoms. The molecule has 112 valence electrons. The maximum Gasteiger partial charge on any atom is 0.270 e. The van der Waals surface area contributed by atoms with Gasteiger partial charge in [0.1, 0.15) is 11.3 Å². The van der Waals surface area contributed by atoms with Crippen molar-refractivity contribution in [3.05, 3.63) is 63.8 Å². The lowest BCUT2D eigenvalue weighted by Gasteiger charge is -2.07. The lowest BCUT2D eigenvalue weighted by atomic mass is 10.2. The molecule has 0 saturated heterocycles. The molecule has 3 rings (SSSR count). The molecule has 0 aliphatic carbocycles. The van der Waals surface area contributed by atoms with E-state index in [2.05, 4.69) is 31.2 Å². The third-order valence-electron chi connectivity index (χ3n) is 3.44. The summed E-state index contributed by atoms with van der Waals surface area (Å²) in [6, 6.07) is 5.76. The second-order valence-corrected chi connectivity index (χ2v) is 6.04. The first kappa shape index (κ1) is 14.7. The van der Waals surface area contributed by atoms with Gasteiger partial charge in [0.25, 0.3) is 5.91 Å². The summed E-state index contributed by atoms with van der Waals surface area (Å²) in [5.41, 5.74) is 4.05. The average Bonchev–Trinajstić information content (AvgIpc) is 2.82. The fraction of sp³-hybridized carbons (Fsp3) is 0.188. The van der Waals surface area contributed by atoms with Crippen molar-refractivity contribution in [1.29, 1.82) is 0 Å². The fourth-order valence-electron chi connectivity index (χ4n) is 2.42. The minimum Gasteiger partial charge on any atom is -0.347 e. The van der Waals surface area contributed by atoms with Crippen molar-refractivity contribution < 1.29 is 4.79 Å². The lowest BCUT2D eigenvalue weighted by molar-refractivity contribution is 0.0944. The van der Waals surface area contributed by atoms with Crippen molar-refractivity contribution in [2.45, 2.75) is 20.4 Å². The van der Waals surface area contributed by atoms with E-state index in [9.17, 15) is 4.79 Å². The first-order valence-electron chi connectivity index (χ1n) is 6.88. The van der Waals surface area contributed by atoms with Crippen LogP contribution in [0.25, 0.3) is 5.65 Å². The molecule has 0 saturated carbocycles. The number of aromatic nitrogens is 3. The molecule has 0 unspecified atom stereocenters. The van der Waals surface area contributed by atoms with Crippen LogP contribution in [-0.4, -0.2) is 20.3 Å². The molecular formula is C16H15BrN4O. The average molecular weight is 359 g/mol. The van der Waals surface area contributed by atoms with Crippen LogP contribution in [-0.2, 0) is 6.54 Å². The number of hydrogen-bond donors (Lipinski definition) is 1. The number of amides is 1. The van der Waals surface area contributed by atoms with Crippen molar-refractivity contribution >= 4 is 27.5 Å². The molecule has 0 spiro atoms. The number of halogens is 1. The van der Waals surface area contributed by atoms with E-state index in [-0.39, 0.29) is 5.91 Å². The summed E-state index contributed by atoms with van der Waals surface area (Å²) in [5.74, 6) is -0.147. The summed E-state index contributed by atoms with van der Waals surface area (Å²) in [6.45, 7) is 4.26. The predicted octanol–water partition coefficient (Wildman–Crippen LogP) is 3.04. The van der Waals surface area contributed by atoms with Gasteiger partial charge >= 0.3 is 0 Å². The molecule has 5 nitrogen and oxygen atoms in total. The topological polar surface area (TPSA) is 59.3 Å². The van der Waals surface area contributed by atoms with Crippen LogP contribution < -0.4 is 5.32 Å². The van der Waals surface area contributed by atoms with E-state index < -0.39 is 0 Å². The van der Waals surface area contributed by atoms with Crippen LogP contribution in [0.5, 0.6) is 0 Å². The Bertz CT molecular complexity index is 842. The number of carbonyl (C=O) groups is 1. The molecule has 0 aliphatic heterocycles. The van der Waals surface area contributed by atoms with Gasteiger partial charge in [-0.25, -0.2) is 4.98 Å². The molecule has 0 aromatic carbocycles. The van der Waals surface area contributed by atoms with E-state index in [1.807, 2.05) is 42.6 Å². The van der Waals surface area contributed by atoms with E-state index in [4.69, 9.17) is 0 Å². The van der Waals surface area contributed by atoms with Crippen molar-refractivity contribution in [3.8, 4) is 0 Å². The van der Waals surface area contributed by atoms with Gasteiger partial charge in [0.05, 0.1) is 5.69 Å². The van der Waals surface area contributed by atoms with Gasteiger partial charge < -0.3 is 5.32 Å². The number of pyridine rings is 2. The molecular weight excluding hydrogens is 344 g/mol. The van der Waals surface area contributed by atoms with Gasteiger partial charge in [0.15, 0.2) is 0 Å². The zero-order chi connectivity index (χ0) is 15.7. The molecule has 3 aromatic heterocycles. The van der Waals surface area contributed by atoms with Crippen LogP contribution in [0.15, 0.2) is 41.3 Å². The van der Waals surface area contributed by atoms with Gasteiger partial charge in [-0.05, 0) is 53.0 Å². The Kier molecular flexibility index (Phi) is 3.94. The minimum absolute atomic E-state index is 0.147. The third-order valence-corrected chi connectivity index (χ3v) is 3.87. The van der Waals surface area contributed by atoms with Crippen molar-refractivity contribution in [2.75, 3.05) is 0 Å². The second kappa shape index (κ2) is 5.88. The van der Waals surface area contributed by atoms with Crippen LogP contribution in [0, 0.1) is 13.8 Å². The Balaban J connectivity index is 1.92. The molecule has 3 aromatic rings. The predicted molar refractivity (Wildman–Crippen MR) is 87.8 cm³/mol. The van der Waals surface area contributed by atoms with E-state index in [1.54, 1.807) is 12.4 Å². The summed E-state index contributed by atoms with van der Waals surface area (Å²) in [4.78, 5) is 21.1. The standard InChI is InChI=1S/C16H15BrN4O/c1-10-6-13(17)9-21-14(11(2)20-15(10)21)16(22)19-8-12-4-3-5-18-7-12/h3-7,9H,8H2,1-2H3,(H,19,22). The maximum absolute atomic E-state index is 12.5. The minimum atomic E-state index is -0.147. The summed E-state index contributed by atoms with van der Waals surface area (Å²) >= 11 is 3.46. The smallest absolute Gasteiger partial charge is 0.270 e. The first-order valence-corrected chi connectivity index (χ1v) is 7.67. The number of hydrogen-bond acceptors (Lipinski definition) is 3. The number of imidazole rings is 1. The number of nitrogens with one attached hydrogen (secondary N) is 1. The van der Waals surface area contributed by atoms with Crippen LogP contribution >= 0.6 is 15.9 Å². The second-order valence-electron chi connectivity index (χ2n) is 5.12. The highest BCUT2D eigenvalue weighted by Crippen LogP contribution is 2.20.